The topological polar surface area (TPSA) is 74.8 Å². The van der Waals surface area contributed by atoms with Crippen LogP contribution in [0.2, 0.25) is 0 Å². The quantitative estimate of drug-likeness (QED) is 0.457. The predicted molar refractivity (Wildman–Crippen MR) is 135 cm³/mol. The molecule has 0 spiro atoms. The maximum Gasteiger partial charge on any atom is 0.0856 e. The molecular formula is C26H39N5O. The van der Waals surface area contributed by atoms with Crippen LogP contribution in [0, 0.1) is 6.92 Å². The summed E-state index contributed by atoms with van der Waals surface area (Å²) in [4.78, 5) is 8.64. The van der Waals surface area contributed by atoms with Gasteiger partial charge in [0.05, 0.1) is 30.2 Å². The third-order valence-corrected chi connectivity index (χ3v) is 5.84. The van der Waals surface area contributed by atoms with Gasteiger partial charge in [-0.15, -0.1) is 0 Å². The van der Waals surface area contributed by atoms with Gasteiger partial charge >= 0.3 is 0 Å². The maximum absolute atomic E-state index is 9.50. The van der Waals surface area contributed by atoms with E-state index in [0.29, 0.717) is 12.2 Å². The van der Waals surface area contributed by atoms with Crippen molar-refractivity contribution >= 4 is 12.9 Å². The molecule has 0 bridgehead atoms. The number of likely N-dealkylation sites (N-methyl/N-ethyl adjacent to an activating group) is 1. The molecule has 6 nitrogen and oxygen atoms in total. The van der Waals surface area contributed by atoms with Crippen LogP contribution in [0.15, 0.2) is 39.5 Å². The number of aliphatic imine (C=N–C) groups is 2. The molecule has 0 unspecified atom stereocenters. The van der Waals surface area contributed by atoms with Crippen LogP contribution in [-0.2, 0) is 25.8 Å². The van der Waals surface area contributed by atoms with Crippen molar-refractivity contribution in [2.75, 3.05) is 20.2 Å². The van der Waals surface area contributed by atoms with Crippen molar-refractivity contribution < 1.29 is 5.11 Å². The van der Waals surface area contributed by atoms with Crippen LogP contribution >= 0.6 is 0 Å². The van der Waals surface area contributed by atoms with Crippen LogP contribution < -0.4 is 5.32 Å². The fourth-order valence-corrected chi connectivity index (χ4v) is 4.00. The molecule has 1 aromatic carbocycles. The van der Waals surface area contributed by atoms with E-state index in [1.807, 2.05) is 20.2 Å². The van der Waals surface area contributed by atoms with Gasteiger partial charge in [0, 0.05) is 30.4 Å². The summed E-state index contributed by atoms with van der Waals surface area (Å²) in [6.07, 6.45) is 6.51. The van der Waals surface area contributed by atoms with Gasteiger partial charge in [0.25, 0.3) is 0 Å². The number of hydrogen-bond donors (Lipinski definition) is 2. The van der Waals surface area contributed by atoms with E-state index in [4.69, 9.17) is 10.1 Å². The van der Waals surface area contributed by atoms with E-state index in [9.17, 15) is 5.11 Å². The van der Waals surface area contributed by atoms with Gasteiger partial charge < -0.3 is 10.4 Å². The average Bonchev–Trinajstić information content (AvgIpc) is 3.12. The minimum atomic E-state index is -0.128. The number of aromatic nitrogens is 2. The van der Waals surface area contributed by atoms with E-state index >= 15 is 0 Å². The highest BCUT2D eigenvalue weighted by atomic mass is 16.3. The molecule has 0 aliphatic carbocycles. The zero-order valence-corrected chi connectivity index (χ0v) is 20.4. The van der Waals surface area contributed by atoms with E-state index in [1.54, 1.807) is 0 Å². The number of aliphatic hydroxyl groups is 1. The summed E-state index contributed by atoms with van der Waals surface area (Å²) in [5, 5.41) is 17.8. The second-order valence-corrected chi connectivity index (χ2v) is 7.92. The van der Waals surface area contributed by atoms with Crippen LogP contribution in [0.4, 0.5) is 0 Å². The van der Waals surface area contributed by atoms with Gasteiger partial charge in [0.1, 0.15) is 0 Å². The number of aryl methyl sites for hydroxylation is 2. The van der Waals surface area contributed by atoms with Gasteiger partial charge in [0.2, 0.25) is 0 Å². The minimum absolute atomic E-state index is 0.128. The Bertz CT molecular complexity index is 955. The lowest BCUT2D eigenvalue weighted by atomic mass is 10.0. The van der Waals surface area contributed by atoms with Crippen molar-refractivity contribution in [1.29, 1.82) is 0 Å². The Hall–Kier alpha value is -2.57. The van der Waals surface area contributed by atoms with Crippen LogP contribution in [0.1, 0.15) is 61.7 Å². The van der Waals surface area contributed by atoms with Crippen molar-refractivity contribution in [3.05, 3.63) is 57.5 Å². The van der Waals surface area contributed by atoms with E-state index in [0.717, 1.165) is 61.2 Å². The number of hydrogen-bond acceptors (Lipinski definition) is 5. The highest BCUT2D eigenvalue weighted by Gasteiger charge is 2.19. The van der Waals surface area contributed by atoms with Gasteiger partial charge in [0.15, 0.2) is 0 Å². The van der Waals surface area contributed by atoms with E-state index in [1.165, 1.54) is 16.8 Å². The first-order valence-electron chi connectivity index (χ1n) is 11.7. The summed E-state index contributed by atoms with van der Waals surface area (Å²) in [6.45, 7) is 13.4. The van der Waals surface area contributed by atoms with E-state index in [2.05, 4.69) is 60.7 Å². The molecule has 174 valence electrons. The predicted octanol–water partition coefficient (Wildman–Crippen LogP) is 4.39. The highest BCUT2D eigenvalue weighted by Crippen LogP contribution is 2.26. The molecule has 0 amide bonds. The Balaban J connectivity index is 2.54. The van der Waals surface area contributed by atoms with Gasteiger partial charge in [-0.2, -0.15) is 5.10 Å². The zero-order chi connectivity index (χ0) is 23.5. The van der Waals surface area contributed by atoms with Crippen LogP contribution in [0.5, 0.6) is 0 Å². The molecule has 1 aromatic heterocycles. The Morgan fingerprint density at radius 2 is 1.97 bits per heavy atom. The molecular weight excluding hydrogens is 398 g/mol. The Labute approximate surface area is 193 Å². The van der Waals surface area contributed by atoms with Gasteiger partial charge in [-0.05, 0) is 56.7 Å². The van der Waals surface area contributed by atoms with Crippen LogP contribution in [-0.4, -0.2) is 48.0 Å². The number of aliphatic hydroxyl groups excluding tert-OH is 1. The first-order chi connectivity index (χ1) is 15.6. The molecule has 0 atom stereocenters. The number of rotatable bonds is 13. The van der Waals surface area contributed by atoms with Crippen molar-refractivity contribution in [3.8, 4) is 5.69 Å². The summed E-state index contributed by atoms with van der Waals surface area (Å²) in [7, 11) is 1.96. The Morgan fingerprint density at radius 1 is 1.22 bits per heavy atom. The van der Waals surface area contributed by atoms with Crippen molar-refractivity contribution in [3.63, 3.8) is 0 Å². The lowest BCUT2D eigenvalue weighted by Gasteiger charge is -2.15. The summed E-state index contributed by atoms with van der Waals surface area (Å²) >= 11 is 0. The molecule has 32 heavy (non-hydrogen) atoms. The van der Waals surface area contributed by atoms with Crippen molar-refractivity contribution in [2.24, 2.45) is 9.98 Å². The summed E-state index contributed by atoms with van der Waals surface area (Å²) in [6, 6.07) is 6.59. The number of nitrogens with one attached hydrogen (secondary N) is 1. The third kappa shape index (κ3) is 6.02. The third-order valence-electron chi connectivity index (χ3n) is 5.84. The summed E-state index contributed by atoms with van der Waals surface area (Å²) in [5.41, 5.74) is 8.75. The number of para-hydroxylation sites is 1. The molecule has 0 saturated carbocycles. The largest absolute Gasteiger partial charge is 0.390 e. The van der Waals surface area contributed by atoms with E-state index < -0.39 is 0 Å². The van der Waals surface area contributed by atoms with Crippen LogP contribution in [0.25, 0.3) is 5.69 Å². The van der Waals surface area contributed by atoms with Crippen molar-refractivity contribution in [2.45, 2.75) is 66.3 Å². The molecule has 0 aliphatic rings. The monoisotopic (exact) mass is 437 g/mol. The van der Waals surface area contributed by atoms with E-state index in [-0.39, 0.29) is 6.61 Å². The van der Waals surface area contributed by atoms with Gasteiger partial charge in [-0.1, -0.05) is 45.4 Å². The molecule has 0 radical (unpaired) electrons. The molecule has 0 saturated heterocycles. The standard InChI is InChI=1S/C26H39N5O/c1-7-11-22-13-10-12-20(8-2)26(22)31-19(4)23(24(30-31)14-15-27-5)17-29-16-21(9-3)25(18-32)28-6/h10,12-13,16,27,32H,6-9,11,14-15,17-18H2,1-5H3/b25-21-,29-16?. The van der Waals surface area contributed by atoms with Gasteiger partial charge in [-0.3, -0.25) is 9.98 Å². The fraction of sp³-hybridized carbons (Fsp3) is 0.500. The molecule has 2 rings (SSSR count). The summed E-state index contributed by atoms with van der Waals surface area (Å²) in [5.74, 6) is 0. The molecule has 0 aliphatic heterocycles. The normalized spacial score (nSPS) is 12.4. The number of nitrogens with zero attached hydrogens (tertiary/aromatic N) is 4. The number of allylic oxidation sites excluding steroid dienone is 1. The molecule has 2 N–H and O–H groups in total. The molecule has 1 heterocycles. The fourth-order valence-electron chi connectivity index (χ4n) is 4.00. The Morgan fingerprint density at radius 3 is 2.56 bits per heavy atom. The van der Waals surface area contributed by atoms with Crippen molar-refractivity contribution in [1.82, 2.24) is 15.1 Å². The molecule has 2 aromatic rings. The SMILES string of the molecule is C=N/C(CO)=C(\C=NCc1c(CCNC)nn(-c2c(CC)cccc2CCC)c1C)CC. The lowest BCUT2D eigenvalue weighted by Crippen LogP contribution is -2.12. The number of benzene rings is 1. The zero-order valence-electron chi connectivity index (χ0n) is 20.4. The Kier molecular flexibility index (Phi) is 10.5. The van der Waals surface area contributed by atoms with Crippen LogP contribution in [0.3, 0.4) is 0 Å². The average molecular weight is 438 g/mol. The minimum Gasteiger partial charge on any atom is -0.390 e. The molecule has 0 fully saturated rings. The first-order valence-corrected chi connectivity index (χ1v) is 11.7. The smallest absolute Gasteiger partial charge is 0.0856 e. The second-order valence-electron chi connectivity index (χ2n) is 7.92. The molecule has 6 heteroatoms. The first kappa shape index (κ1) is 25.7. The van der Waals surface area contributed by atoms with Gasteiger partial charge in [-0.25, -0.2) is 4.68 Å². The highest BCUT2D eigenvalue weighted by molar-refractivity contribution is 5.79. The maximum atomic E-state index is 9.50. The lowest BCUT2D eigenvalue weighted by molar-refractivity contribution is 0.329. The summed E-state index contributed by atoms with van der Waals surface area (Å²) < 4.78 is 2.14. The second kappa shape index (κ2) is 13.1.